The highest BCUT2D eigenvalue weighted by Gasteiger charge is 2.32. The molecule has 0 atom stereocenters. The molecule has 0 amide bonds. The Labute approximate surface area is 95.4 Å². The summed E-state index contributed by atoms with van der Waals surface area (Å²) in [5.74, 6) is 0. The maximum Gasteiger partial charge on any atom is 0.383 e. The number of alkyl halides is 2. The summed E-state index contributed by atoms with van der Waals surface area (Å²) in [6.45, 7) is 4.00. The van der Waals surface area contributed by atoms with Crippen LogP contribution in [-0.2, 0) is 10.8 Å². The quantitative estimate of drug-likeness (QED) is 0.661. The lowest BCUT2D eigenvalue weighted by Gasteiger charge is -2.17. The fourth-order valence-corrected chi connectivity index (χ4v) is 1.38. The van der Waals surface area contributed by atoms with Crippen molar-refractivity contribution >= 4 is 0 Å². The van der Waals surface area contributed by atoms with Gasteiger partial charge in [0.25, 0.3) is 0 Å². The zero-order valence-electron chi connectivity index (χ0n) is 9.80. The number of rotatable bonds is 6. The standard InChI is InChI=1S/C13H18F2O/c1-3-4-5-10-16-13(14,15)12-8-6-11(2)7-9-12/h6-9H,3-5,10H2,1-2H3. The fraction of sp³-hybridized carbons (Fsp3) is 0.538. The second kappa shape index (κ2) is 5.94. The molecule has 1 aromatic carbocycles. The maximum atomic E-state index is 13.5. The number of ether oxygens (including phenoxy) is 1. The first-order chi connectivity index (χ1) is 7.56. The summed E-state index contributed by atoms with van der Waals surface area (Å²) in [7, 11) is 0. The van der Waals surface area contributed by atoms with Crippen molar-refractivity contribution in [3.63, 3.8) is 0 Å². The second-order valence-corrected chi connectivity index (χ2v) is 3.94. The predicted molar refractivity (Wildman–Crippen MR) is 60.6 cm³/mol. The molecule has 0 fully saturated rings. The smallest absolute Gasteiger partial charge is 0.317 e. The van der Waals surface area contributed by atoms with Crippen LogP contribution in [0.3, 0.4) is 0 Å². The van der Waals surface area contributed by atoms with E-state index in [0.717, 1.165) is 18.4 Å². The summed E-state index contributed by atoms with van der Waals surface area (Å²) < 4.78 is 31.6. The molecule has 1 aromatic rings. The molecule has 1 nitrogen and oxygen atoms in total. The van der Waals surface area contributed by atoms with E-state index in [1.165, 1.54) is 12.1 Å². The van der Waals surface area contributed by atoms with Gasteiger partial charge in [-0.05, 0) is 13.3 Å². The van der Waals surface area contributed by atoms with Crippen molar-refractivity contribution in [1.29, 1.82) is 0 Å². The lowest BCUT2D eigenvalue weighted by molar-refractivity contribution is -0.249. The molecular formula is C13H18F2O. The fourth-order valence-electron chi connectivity index (χ4n) is 1.38. The Kier molecular flexibility index (Phi) is 4.87. The third kappa shape index (κ3) is 3.89. The van der Waals surface area contributed by atoms with Gasteiger partial charge in [-0.15, -0.1) is 0 Å². The zero-order chi connectivity index (χ0) is 12.0. The van der Waals surface area contributed by atoms with Crippen LogP contribution in [0, 0.1) is 6.92 Å². The highest BCUT2D eigenvalue weighted by molar-refractivity contribution is 5.23. The molecule has 0 saturated heterocycles. The van der Waals surface area contributed by atoms with Crippen LogP contribution in [-0.4, -0.2) is 6.61 Å². The predicted octanol–water partition coefficient (Wildman–Crippen LogP) is 4.25. The number of aryl methyl sites for hydroxylation is 1. The number of halogens is 2. The van der Waals surface area contributed by atoms with E-state index in [1.807, 2.05) is 13.8 Å². The molecular weight excluding hydrogens is 210 g/mol. The van der Waals surface area contributed by atoms with Crippen molar-refractivity contribution in [2.45, 2.75) is 39.2 Å². The Morgan fingerprint density at radius 1 is 1.12 bits per heavy atom. The Balaban J connectivity index is 2.52. The number of unbranched alkanes of at least 4 members (excludes halogenated alkanes) is 2. The maximum absolute atomic E-state index is 13.5. The van der Waals surface area contributed by atoms with Crippen LogP contribution in [0.15, 0.2) is 24.3 Å². The van der Waals surface area contributed by atoms with E-state index in [1.54, 1.807) is 12.1 Å². The van der Waals surface area contributed by atoms with Gasteiger partial charge >= 0.3 is 6.11 Å². The summed E-state index contributed by atoms with van der Waals surface area (Å²) in [6, 6.07) is 6.15. The number of benzene rings is 1. The van der Waals surface area contributed by atoms with Gasteiger partial charge in [0, 0.05) is 0 Å². The van der Waals surface area contributed by atoms with E-state index in [0.29, 0.717) is 6.42 Å². The lowest BCUT2D eigenvalue weighted by Crippen LogP contribution is -2.18. The molecule has 90 valence electrons. The Morgan fingerprint density at radius 2 is 1.75 bits per heavy atom. The lowest BCUT2D eigenvalue weighted by atomic mass is 10.1. The van der Waals surface area contributed by atoms with Crippen LogP contribution < -0.4 is 0 Å². The van der Waals surface area contributed by atoms with Crippen LogP contribution in [0.1, 0.15) is 37.3 Å². The molecule has 0 radical (unpaired) electrons. The Hall–Kier alpha value is -0.960. The van der Waals surface area contributed by atoms with E-state index in [-0.39, 0.29) is 12.2 Å². The molecule has 16 heavy (non-hydrogen) atoms. The first-order valence-corrected chi connectivity index (χ1v) is 5.65. The number of hydrogen-bond donors (Lipinski definition) is 0. The third-order valence-electron chi connectivity index (χ3n) is 2.42. The molecule has 0 aliphatic rings. The normalized spacial score (nSPS) is 11.8. The van der Waals surface area contributed by atoms with E-state index >= 15 is 0 Å². The SMILES string of the molecule is CCCCCOC(F)(F)c1ccc(C)cc1. The van der Waals surface area contributed by atoms with E-state index < -0.39 is 6.11 Å². The van der Waals surface area contributed by atoms with Crippen molar-refractivity contribution < 1.29 is 13.5 Å². The summed E-state index contributed by atoms with van der Waals surface area (Å²) in [4.78, 5) is 0. The molecule has 0 aliphatic carbocycles. The van der Waals surface area contributed by atoms with Crippen molar-refractivity contribution in [3.8, 4) is 0 Å². The summed E-state index contributed by atoms with van der Waals surface area (Å²) in [5.41, 5.74) is 0.889. The third-order valence-corrected chi connectivity index (χ3v) is 2.42. The van der Waals surface area contributed by atoms with Crippen LogP contribution in [0.5, 0.6) is 0 Å². The first kappa shape index (κ1) is 13.1. The Bertz CT molecular complexity index is 306. The van der Waals surface area contributed by atoms with Crippen molar-refractivity contribution in [2.75, 3.05) is 6.61 Å². The van der Waals surface area contributed by atoms with E-state index in [9.17, 15) is 8.78 Å². The van der Waals surface area contributed by atoms with Crippen LogP contribution in [0.4, 0.5) is 8.78 Å². The highest BCUT2D eigenvalue weighted by Crippen LogP contribution is 2.29. The number of hydrogen-bond acceptors (Lipinski definition) is 1. The molecule has 0 bridgehead atoms. The van der Waals surface area contributed by atoms with Crippen molar-refractivity contribution in [1.82, 2.24) is 0 Å². The molecule has 3 heteroatoms. The summed E-state index contributed by atoms with van der Waals surface area (Å²) in [5, 5.41) is 0. The summed E-state index contributed by atoms with van der Waals surface area (Å²) >= 11 is 0. The minimum Gasteiger partial charge on any atom is -0.317 e. The molecule has 0 heterocycles. The topological polar surface area (TPSA) is 9.23 Å². The average molecular weight is 228 g/mol. The minimum absolute atomic E-state index is 0.0744. The zero-order valence-corrected chi connectivity index (χ0v) is 9.80. The van der Waals surface area contributed by atoms with Crippen LogP contribution in [0.25, 0.3) is 0 Å². The van der Waals surface area contributed by atoms with E-state index in [4.69, 9.17) is 0 Å². The average Bonchev–Trinajstić information content (AvgIpc) is 2.25. The molecule has 1 rings (SSSR count). The van der Waals surface area contributed by atoms with Gasteiger partial charge in [0.05, 0.1) is 12.2 Å². The van der Waals surface area contributed by atoms with Crippen molar-refractivity contribution in [2.24, 2.45) is 0 Å². The van der Waals surface area contributed by atoms with Gasteiger partial charge in [-0.2, -0.15) is 8.78 Å². The monoisotopic (exact) mass is 228 g/mol. The van der Waals surface area contributed by atoms with Gasteiger partial charge in [-0.3, -0.25) is 0 Å². The van der Waals surface area contributed by atoms with Gasteiger partial charge in [0.1, 0.15) is 0 Å². The summed E-state index contributed by atoms with van der Waals surface area (Å²) in [6.07, 6.45) is -0.567. The van der Waals surface area contributed by atoms with Gasteiger partial charge in [0.2, 0.25) is 0 Å². The molecule has 0 N–H and O–H groups in total. The molecule has 0 spiro atoms. The van der Waals surface area contributed by atoms with Crippen molar-refractivity contribution in [3.05, 3.63) is 35.4 Å². The minimum atomic E-state index is -3.17. The molecule has 0 unspecified atom stereocenters. The van der Waals surface area contributed by atoms with E-state index in [2.05, 4.69) is 4.74 Å². The van der Waals surface area contributed by atoms with Crippen LogP contribution >= 0.6 is 0 Å². The first-order valence-electron chi connectivity index (χ1n) is 5.65. The second-order valence-electron chi connectivity index (χ2n) is 3.94. The van der Waals surface area contributed by atoms with Gasteiger partial charge in [-0.25, -0.2) is 0 Å². The molecule has 0 saturated carbocycles. The van der Waals surface area contributed by atoms with Gasteiger partial charge in [-0.1, -0.05) is 49.6 Å². The molecule has 0 aliphatic heterocycles. The largest absolute Gasteiger partial charge is 0.383 e. The van der Waals surface area contributed by atoms with Gasteiger partial charge in [0.15, 0.2) is 0 Å². The van der Waals surface area contributed by atoms with Crippen LogP contribution in [0.2, 0.25) is 0 Å². The highest BCUT2D eigenvalue weighted by atomic mass is 19.3. The Morgan fingerprint density at radius 3 is 2.31 bits per heavy atom. The van der Waals surface area contributed by atoms with Gasteiger partial charge < -0.3 is 4.74 Å². The molecule has 0 aromatic heterocycles.